The molecule has 5 heteroatoms. The van der Waals surface area contributed by atoms with Gasteiger partial charge < -0.3 is 0 Å². The van der Waals surface area contributed by atoms with Gasteiger partial charge in [-0.25, -0.2) is 14.4 Å². The Morgan fingerprint density at radius 3 is 2.48 bits per heavy atom. The van der Waals surface area contributed by atoms with Gasteiger partial charge >= 0.3 is 0 Å². The van der Waals surface area contributed by atoms with Crippen LogP contribution in [0.25, 0.3) is 0 Å². The first-order valence-electron chi connectivity index (χ1n) is 7.40. The van der Waals surface area contributed by atoms with E-state index in [1.54, 1.807) is 32.0 Å². The maximum absolute atomic E-state index is 13.3. The van der Waals surface area contributed by atoms with Crippen molar-refractivity contribution in [2.75, 3.05) is 0 Å². The minimum Gasteiger partial charge on any atom is -0.298 e. The second-order valence-corrected chi connectivity index (χ2v) is 5.70. The summed E-state index contributed by atoms with van der Waals surface area (Å²) in [5.74, 6) is -1.53. The second kappa shape index (κ2) is 7.10. The molecule has 0 bridgehead atoms. The van der Waals surface area contributed by atoms with Gasteiger partial charge in [-0.05, 0) is 43.5 Å². The van der Waals surface area contributed by atoms with Gasteiger partial charge in [-0.15, -0.1) is 0 Å². The molecule has 0 N–H and O–H groups in total. The number of ketones is 1. The molecule has 0 aliphatic heterocycles. The first-order valence-corrected chi connectivity index (χ1v) is 7.40. The van der Waals surface area contributed by atoms with Crippen LogP contribution in [-0.2, 0) is 4.79 Å². The number of Topliss-reactive ketones (excluding diaryl/α,β-unsaturated/α-hetero) is 1. The summed E-state index contributed by atoms with van der Waals surface area (Å²) in [6, 6.07) is 9.94. The van der Waals surface area contributed by atoms with E-state index in [0.29, 0.717) is 0 Å². The lowest BCUT2D eigenvalue weighted by atomic mass is 9.90. The number of benzene rings is 1. The number of aryl methyl sites for hydroxylation is 2. The maximum atomic E-state index is 13.3. The zero-order chi connectivity index (χ0) is 17.0. The molecule has 0 unspecified atom stereocenters. The number of carbonyl (C=O) groups excluding carboxylic acids is 1. The Labute approximate surface area is 135 Å². The van der Waals surface area contributed by atoms with Crippen LogP contribution < -0.4 is 0 Å². The van der Waals surface area contributed by atoms with Gasteiger partial charge in [-0.1, -0.05) is 19.1 Å². The van der Waals surface area contributed by atoms with Crippen LogP contribution in [0.15, 0.2) is 30.3 Å². The fourth-order valence-corrected chi connectivity index (χ4v) is 2.51. The highest BCUT2D eigenvalue weighted by Gasteiger charge is 2.25. The van der Waals surface area contributed by atoms with E-state index in [0.717, 1.165) is 17.0 Å². The smallest absolute Gasteiger partial charge is 0.164 e. The Morgan fingerprint density at radius 1 is 1.26 bits per heavy atom. The van der Waals surface area contributed by atoms with Crippen molar-refractivity contribution in [1.82, 2.24) is 9.97 Å². The van der Waals surface area contributed by atoms with Gasteiger partial charge in [0.1, 0.15) is 5.82 Å². The lowest BCUT2D eigenvalue weighted by Crippen LogP contribution is -2.17. The summed E-state index contributed by atoms with van der Waals surface area (Å²) in [4.78, 5) is 20.9. The number of nitriles is 1. The zero-order valence-electron chi connectivity index (χ0n) is 13.4. The van der Waals surface area contributed by atoms with Crippen molar-refractivity contribution in [3.05, 3.63) is 58.9 Å². The summed E-state index contributed by atoms with van der Waals surface area (Å²) >= 11 is 0. The van der Waals surface area contributed by atoms with Gasteiger partial charge in [0.2, 0.25) is 0 Å². The van der Waals surface area contributed by atoms with Crippen molar-refractivity contribution in [2.45, 2.75) is 39.0 Å². The molecule has 1 aromatic carbocycles. The van der Waals surface area contributed by atoms with E-state index in [1.807, 2.05) is 13.0 Å². The standard InChI is InChI=1S/C18H18FN3O/c1-11(14-5-4-6-15(19)9-14)7-17(23)16(10-20)18-21-12(2)8-13(3)22-18/h4-6,8-9,11,16H,7H2,1-3H3/t11-,16+/m0/s1. The fraction of sp³-hybridized carbons (Fsp3) is 0.333. The molecular weight excluding hydrogens is 293 g/mol. The van der Waals surface area contributed by atoms with E-state index in [9.17, 15) is 14.4 Å². The zero-order valence-corrected chi connectivity index (χ0v) is 13.4. The lowest BCUT2D eigenvalue weighted by molar-refractivity contribution is -0.119. The Morgan fingerprint density at radius 2 is 1.91 bits per heavy atom. The third-order valence-electron chi connectivity index (χ3n) is 3.63. The van der Waals surface area contributed by atoms with Gasteiger partial charge in [0.05, 0.1) is 6.07 Å². The molecule has 0 aliphatic carbocycles. The Hall–Kier alpha value is -2.61. The lowest BCUT2D eigenvalue weighted by Gasteiger charge is -2.14. The van der Waals surface area contributed by atoms with Crippen LogP contribution in [0, 0.1) is 31.0 Å². The summed E-state index contributed by atoms with van der Waals surface area (Å²) in [6.45, 7) is 5.43. The van der Waals surface area contributed by atoms with E-state index in [-0.39, 0.29) is 29.8 Å². The summed E-state index contributed by atoms with van der Waals surface area (Å²) in [6.07, 6.45) is 0.137. The highest BCUT2D eigenvalue weighted by molar-refractivity contribution is 5.88. The van der Waals surface area contributed by atoms with Gasteiger partial charge in [0.15, 0.2) is 17.5 Å². The molecule has 2 atom stereocenters. The summed E-state index contributed by atoms with van der Waals surface area (Å²) in [5, 5.41) is 9.35. The molecule has 0 saturated carbocycles. The van der Waals surface area contributed by atoms with Crippen LogP contribution in [0.5, 0.6) is 0 Å². The predicted octanol–water partition coefficient (Wildman–Crippen LogP) is 3.60. The van der Waals surface area contributed by atoms with Crippen molar-refractivity contribution in [3.8, 4) is 6.07 Å². The summed E-state index contributed by atoms with van der Waals surface area (Å²) in [5.41, 5.74) is 2.17. The van der Waals surface area contributed by atoms with Gasteiger partial charge in [-0.3, -0.25) is 4.79 Å². The second-order valence-electron chi connectivity index (χ2n) is 5.70. The van der Waals surface area contributed by atoms with Crippen LogP contribution in [0.3, 0.4) is 0 Å². The van der Waals surface area contributed by atoms with Crippen LogP contribution >= 0.6 is 0 Å². The highest BCUT2D eigenvalue weighted by Crippen LogP contribution is 2.24. The highest BCUT2D eigenvalue weighted by atomic mass is 19.1. The Balaban J connectivity index is 2.19. The number of rotatable bonds is 5. The SMILES string of the molecule is Cc1cc(C)nc([C@H](C#N)C(=O)C[C@H](C)c2cccc(F)c2)n1. The quantitative estimate of drug-likeness (QED) is 0.846. The van der Waals surface area contributed by atoms with E-state index >= 15 is 0 Å². The van der Waals surface area contributed by atoms with Crippen LogP contribution in [-0.4, -0.2) is 15.8 Å². The minimum atomic E-state index is -0.996. The number of carbonyl (C=O) groups is 1. The summed E-state index contributed by atoms with van der Waals surface area (Å²) in [7, 11) is 0. The van der Waals surface area contributed by atoms with Gasteiger partial charge in [0.25, 0.3) is 0 Å². The molecule has 0 saturated heterocycles. The third kappa shape index (κ3) is 4.19. The molecule has 2 rings (SSSR count). The molecule has 0 fully saturated rings. The number of aromatic nitrogens is 2. The normalized spacial score (nSPS) is 13.2. The summed E-state index contributed by atoms with van der Waals surface area (Å²) < 4.78 is 13.3. The molecule has 0 aliphatic rings. The van der Waals surface area contributed by atoms with Crippen LogP contribution in [0.4, 0.5) is 4.39 Å². The van der Waals surface area contributed by atoms with Crippen molar-refractivity contribution < 1.29 is 9.18 Å². The van der Waals surface area contributed by atoms with Gasteiger partial charge in [-0.2, -0.15) is 5.26 Å². The average Bonchev–Trinajstić information content (AvgIpc) is 2.46. The molecule has 1 aromatic heterocycles. The molecular formula is C18H18FN3O. The van der Waals surface area contributed by atoms with E-state index < -0.39 is 5.92 Å². The Bertz CT molecular complexity index is 747. The molecule has 118 valence electrons. The largest absolute Gasteiger partial charge is 0.298 e. The van der Waals surface area contributed by atoms with Crippen LogP contribution in [0.2, 0.25) is 0 Å². The van der Waals surface area contributed by atoms with Crippen molar-refractivity contribution in [3.63, 3.8) is 0 Å². The van der Waals surface area contributed by atoms with E-state index in [4.69, 9.17) is 0 Å². The number of nitrogens with zero attached hydrogens (tertiary/aromatic N) is 3. The van der Waals surface area contributed by atoms with Gasteiger partial charge in [0, 0.05) is 17.8 Å². The average molecular weight is 311 g/mol. The van der Waals surface area contributed by atoms with Crippen molar-refractivity contribution in [1.29, 1.82) is 5.26 Å². The predicted molar refractivity (Wildman–Crippen MR) is 84.3 cm³/mol. The molecule has 0 amide bonds. The Kier molecular flexibility index (Phi) is 5.17. The number of hydrogen-bond acceptors (Lipinski definition) is 4. The third-order valence-corrected chi connectivity index (χ3v) is 3.63. The van der Waals surface area contributed by atoms with E-state index in [2.05, 4.69) is 9.97 Å². The van der Waals surface area contributed by atoms with Crippen molar-refractivity contribution >= 4 is 5.78 Å². The van der Waals surface area contributed by atoms with E-state index in [1.165, 1.54) is 12.1 Å². The number of hydrogen-bond donors (Lipinski definition) is 0. The first kappa shape index (κ1) is 16.8. The van der Waals surface area contributed by atoms with Crippen LogP contribution in [0.1, 0.15) is 48.0 Å². The minimum absolute atomic E-state index is 0.137. The monoisotopic (exact) mass is 311 g/mol. The molecule has 4 nitrogen and oxygen atoms in total. The molecule has 0 radical (unpaired) electrons. The maximum Gasteiger partial charge on any atom is 0.164 e. The molecule has 1 heterocycles. The molecule has 0 spiro atoms. The molecule has 2 aromatic rings. The first-order chi connectivity index (χ1) is 10.9. The molecule has 23 heavy (non-hydrogen) atoms. The topological polar surface area (TPSA) is 66.6 Å². The van der Waals surface area contributed by atoms with Crippen molar-refractivity contribution in [2.24, 2.45) is 0 Å². The number of halogens is 1. The fourth-order valence-electron chi connectivity index (χ4n) is 2.51.